The average molecular weight is 434 g/mol. The summed E-state index contributed by atoms with van der Waals surface area (Å²) in [4.78, 5) is 25.1. The molecule has 0 unspecified atom stereocenters. The number of ether oxygens (including phenoxy) is 2. The first-order valence-electron chi connectivity index (χ1n) is 10.4. The van der Waals surface area contributed by atoms with Crippen LogP contribution in [0.2, 0.25) is 0 Å². The van der Waals surface area contributed by atoms with Crippen molar-refractivity contribution in [2.75, 3.05) is 5.01 Å². The molecule has 0 aromatic heterocycles. The molecule has 0 atom stereocenters. The van der Waals surface area contributed by atoms with Crippen molar-refractivity contribution in [3.63, 3.8) is 0 Å². The molecule has 0 aliphatic carbocycles. The molecule has 1 fully saturated rings. The van der Waals surface area contributed by atoms with Crippen molar-refractivity contribution >= 4 is 30.5 Å². The van der Waals surface area contributed by atoms with Gasteiger partial charge >= 0.3 is 19.3 Å². The fourth-order valence-electron chi connectivity index (χ4n) is 2.68. The normalized spacial score (nSPS) is 17.8. The quantitative estimate of drug-likeness (QED) is 0.556. The molecule has 0 spiro atoms. The van der Waals surface area contributed by atoms with Crippen LogP contribution in [0.15, 0.2) is 24.3 Å². The third-order valence-corrected chi connectivity index (χ3v) is 4.85. The van der Waals surface area contributed by atoms with Crippen LogP contribution in [-0.4, -0.2) is 41.7 Å². The zero-order valence-corrected chi connectivity index (χ0v) is 20.3. The largest absolute Gasteiger partial charge is 0.494 e. The Morgan fingerprint density at radius 2 is 1.32 bits per heavy atom. The molecule has 172 valence electrons. The molecule has 0 saturated carbocycles. The lowest BCUT2D eigenvalue weighted by atomic mass is 9.79. The van der Waals surface area contributed by atoms with E-state index < -0.39 is 41.7 Å². The number of carbonyl (C=O) groups is 2. The third kappa shape index (κ3) is 6.61. The van der Waals surface area contributed by atoms with E-state index in [0.29, 0.717) is 5.69 Å². The Labute approximate surface area is 185 Å². The molecule has 1 aliphatic rings. The lowest BCUT2D eigenvalue weighted by molar-refractivity contribution is 0.00578. The van der Waals surface area contributed by atoms with E-state index in [2.05, 4.69) is 5.43 Å². The summed E-state index contributed by atoms with van der Waals surface area (Å²) in [7, 11) is -0.534. The fourth-order valence-corrected chi connectivity index (χ4v) is 2.68. The Hall–Kier alpha value is -2.26. The van der Waals surface area contributed by atoms with E-state index >= 15 is 0 Å². The van der Waals surface area contributed by atoms with Gasteiger partial charge in [0.25, 0.3) is 0 Å². The maximum absolute atomic E-state index is 12.8. The topological polar surface area (TPSA) is 86.3 Å². The molecule has 1 N–H and O–H groups in total. The first kappa shape index (κ1) is 25.0. The van der Waals surface area contributed by atoms with E-state index in [1.54, 1.807) is 65.8 Å². The summed E-state index contributed by atoms with van der Waals surface area (Å²) in [5, 5.41) is 1.02. The van der Waals surface area contributed by atoms with Crippen molar-refractivity contribution in [3.05, 3.63) is 24.3 Å². The lowest BCUT2D eigenvalue weighted by Crippen LogP contribution is -2.50. The van der Waals surface area contributed by atoms with Crippen LogP contribution in [0.25, 0.3) is 0 Å². The number of hydrogen-bond donors (Lipinski definition) is 1. The number of rotatable bonds is 2. The highest BCUT2D eigenvalue weighted by atomic mass is 16.7. The molecule has 1 saturated heterocycles. The number of anilines is 1. The molecule has 0 bridgehead atoms. The number of amides is 2. The second-order valence-corrected chi connectivity index (χ2v) is 10.6. The Morgan fingerprint density at radius 3 is 1.74 bits per heavy atom. The molecule has 0 radical (unpaired) electrons. The van der Waals surface area contributed by atoms with Crippen molar-refractivity contribution in [2.45, 2.75) is 91.6 Å². The van der Waals surface area contributed by atoms with E-state index in [1.165, 1.54) is 0 Å². The fraction of sp³-hybridized carbons (Fsp3) is 0.636. The molecule has 2 rings (SSSR count). The smallest absolute Gasteiger partial charge is 0.443 e. The van der Waals surface area contributed by atoms with Crippen LogP contribution in [0.1, 0.15) is 69.2 Å². The zero-order valence-electron chi connectivity index (χ0n) is 20.3. The molecule has 31 heavy (non-hydrogen) atoms. The van der Waals surface area contributed by atoms with Crippen molar-refractivity contribution in [2.24, 2.45) is 0 Å². The Morgan fingerprint density at radius 1 is 0.871 bits per heavy atom. The first-order valence-corrected chi connectivity index (χ1v) is 10.4. The molecular formula is C22H35BN2O6. The first-order chi connectivity index (χ1) is 13.9. The standard InChI is InChI=1S/C22H35BN2O6/c1-19(2,3)28-17(26)24-25(18(27)29-20(4,5)6)16-13-11-15(12-14-16)23-30-21(7,8)22(9,10)31-23/h11-14H,1-10H3,(H,24,26). The molecule has 8 nitrogen and oxygen atoms in total. The highest BCUT2D eigenvalue weighted by molar-refractivity contribution is 6.62. The van der Waals surface area contributed by atoms with Gasteiger partial charge in [0.2, 0.25) is 0 Å². The molecule has 1 aliphatic heterocycles. The van der Waals surface area contributed by atoms with Crippen LogP contribution in [0.5, 0.6) is 0 Å². The van der Waals surface area contributed by atoms with Gasteiger partial charge in [-0.25, -0.2) is 15.0 Å². The lowest BCUT2D eigenvalue weighted by Gasteiger charge is -2.32. The summed E-state index contributed by atoms with van der Waals surface area (Å²) in [5.41, 5.74) is 1.28. The SMILES string of the molecule is CC(C)(C)OC(=O)NN(C(=O)OC(C)(C)C)c1ccc(B2OC(C)(C)C(C)(C)O2)cc1. The van der Waals surface area contributed by atoms with Gasteiger partial charge in [0, 0.05) is 0 Å². The average Bonchev–Trinajstić information content (AvgIpc) is 2.77. The number of nitrogens with one attached hydrogen (secondary N) is 1. The number of hydrazine groups is 1. The van der Waals surface area contributed by atoms with Crippen LogP contribution < -0.4 is 15.9 Å². The van der Waals surface area contributed by atoms with Gasteiger partial charge in [-0.1, -0.05) is 12.1 Å². The number of nitrogens with zero attached hydrogens (tertiary/aromatic N) is 1. The molecule has 2 amide bonds. The second kappa shape index (κ2) is 8.35. The van der Waals surface area contributed by atoms with Crippen molar-refractivity contribution in [1.29, 1.82) is 0 Å². The maximum Gasteiger partial charge on any atom is 0.494 e. The maximum atomic E-state index is 12.8. The van der Waals surface area contributed by atoms with Crippen LogP contribution in [0.3, 0.4) is 0 Å². The highest BCUT2D eigenvalue weighted by Gasteiger charge is 2.51. The van der Waals surface area contributed by atoms with Gasteiger partial charge in [-0.15, -0.1) is 0 Å². The van der Waals surface area contributed by atoms with Crippen LogP contribution in [0.4, 0.5) is 15.3 Å². The summed E-state index contributed by atoms with van der Waals surface area (Å²) < 4.78 is 22.9. The van der Waals surface area contributed by atoms with Crippen molar-refractivity contribution < 1.29 is 28.4 Å². The van der Waals surface area contributed by atoms with E-state index in [1.807, 2.05) is 27.7 Å². The highest BCUT2D eigenvalue weighted by Crippen LogP contribution is 2.36. The van der Waals surface area contributed by atoms with Crippen molar-refractivity contribution in [3.8, 4) is 0 Å². The van der Waals surface area contributed by atoms with Gasteiger partial charge in [-0.2, -0.15) is 5.01 Å². The van der Waals surface area contributed by atoms with Crippen LogP contribution in [0, 0.1) is 0 Å². The summed E-state index contributed by atoms with van der Waals surface area (Å²) in [6, 6.07) is 6.93. The Bertz CT molecular complexity index is 793. The van der Waals surface area contributed by atoms with E-state index in [4.69, 9.17) is 18.8 Å². The predicted octanol–water partition coefficient (Wildman–Crippen LogP) is 4.17. The van der Waals surface area contributed by atoms with Crippen LogP contribution in [-0.2, 0) is 18.8 Å². The zero-order chi connectivity index (χ0) is 23.8. The Balaban J connectivity index is 2.25. The molecule has 1 aromatic rings. The van der Waals surface area contributed by atoms with E-state index in [-0.39, 0.29) is 0 Å². The van der Waals surface area contributed by atoms with Gasteiger partial charge in [-0.05, 0) is 86.8 Å². The minimum atomic E-state index is -0.770. The van der Waals surface area contributed by atoms with Crippen molar-refractivity contribution in [1.82, 2.24) is 5.43 Å². The van der Waals surface area contributed by atoms with Gasteiger partial charge < -0.3 is 18.8 Å². The molecule has 9 heteroatoms. The summed E-state index contributed by atoms with van der Waals surface area (Å²) >= 11 is 0. The Kier molecular flexibility index (Phi) is 6.74. The van der Waals surface area contributed by atoms with Gasteiger partial charge in [0.1, 0.15) is 11.2 Å². The van der Waals surface area contributed by atoms with Crippen LogP contribution >= 0.6 is 0 Å². The van der Waals surface area contributed by atoms with Gasteiger partial charge in [0.05, 0.1) is 16.9 Å². The molecule has 1 heterocycles. The predicted molar refractivity (Wildman–Crippen MR) is 120 cm³/mol. The minimum Gasteiger partial charge on any atom is -0.443 e. The minimum absolute atomic E-state index is 0.403. The monoisotopic (exact) mass is 434 g/mol. The number of carbonyl (C=O) groups excluding carboxylic acids is 2. The number of hydrogen-bond acceptors (Lipinski definition) is 6. The van der Waals surface area contributed by atoms with Gasteiger partial charge in [-0.3, -0.25) is 0 Å². The summed E-state index contributed by atoms with van der Waals surface area (Å²) in [5.74, 6) is 0. The van der Waals surface area contributed by atoms with E-state index in [9.17, 15) is 9.59 Å². The van der Waals surface area contributed by atoms with E-state index in [0.717, 1.165) is 10.5 Å². The summed E-state index contributed by atoms with van der Waals surface area (Å²) in [6.07, 6.45) is -1.50. The third-order valence-electron chi connectivity index (χ3n) is 4.85. The number of benzene rings is 1. The second-order valence-electron chi connectivity index (χ2n) is 10.6. The van der Waals surface area contributed by atoms with Gasteiger partial charge in [0.15, 0.2) is 0 Å². The molecular weight excluding hydrogens is 399 g/mol. The summed E-state index contributed by atoms with van der Waals surface area (Å²) in [6.45, 7) is 18.4. The molecule has 1 aromatic carbocycles.